The summed E-state index contributed by atoms with van der Waals surface area (Å²) in [4.78, 5) is 1.25. The lowest BCUT2D eigenvalue weighted by molar-refractivity contribution is 0.465. The number of rotatable bonds is 4. The Bertz CT molecular complexity index is 561. The van der Waals surface area contributed by atoms with Gasteiger partial charge in [-0.2, -0.15) is 0 Å². The highest BCUT2D eigenvalue weighted by Crippen LogP contribution is 2.33. The Labute approximate surface area is 124 Å². The molecule has 0 aliphatic carbocycles. The molecule has 2 nitrogen and oxygen atoms in total. The highest BCUT2D eigenvalue weighted by Gasteiger charge is 2.19. The standard InChI is InChI=1S/C17H19NOS/c1-20-14-10-8-13(9-11-14)19-17-7-3-2-5-15(17)16-6-4-12-18-16/h2-3,5,7-11,16,18H,4,6,12H2,1H3. The van der Waals surface area contributed by atoms with Gasteiger partial charge in [-0.05, 0) is 56.0 Å². The summed E-state index contributed by atoms with van der Waals surface area (Å²) in [5.41, 5.74) is 1.26. The molecule has 0 radical (unpaired) electrons. The predicted molar refractivity (Wildman–Crippen MR) is 84.7 cm³/mol. The van der Waals surface area contributed by atoms with Crippen LogP contribution in [0.3, 0.4) is 0 Å². The monoisotopic (exact) mass is 285 g/mol. The molecule has 1 atom stereocenters. The van der Waals surface area contributed by atoms with E-state index in [0.717, 1.165) is 18.0 Å². The summed E-state index contributed by atoms with van der Waals surface area (Å²) in [5.74, 6) is 1.86. The van der Waals surface area contributed by atoms with E-state index in [1.54, 1.807) is 11.8 Å². The number of para-hydroxylation sites is 1. The van der Waals surface area contributed by atoms with Gasteiger partial charge in [0.05, 0.1) is 0 Å². The van der Waals surface area contributed by atoms with E-state index >= 15 is 0 Å². The van der Waals surface area contributed by atoms with Crippen LogP contribution in [0.4, 0.5) is 0 Å². The largest absolute Gasteiger partial charge is 0.457 e. The minimum absolute atomic E-state index is 0.427. The molecule has 20 heavy (non-hydrogen) atoms. The fourth-order valence-corrected chi connectivity index (χ4v) is 2.99. The summed E-state index contributed by atoms with van der Waals surface area (Å²) in [6, 6.07) is 17.0. The van der Waals surface area contributed by atoms with Crippen LogP contribution in [0.25, 0.3) is 0 Å². The zero-order chi connectivity index (χ0) is 13.8. The third kappa shape index (κ3) is 3.00. The second-order valence-corrected chi connectivity index (χ2v) is 5.84. The number of hydrogen-bond acceptors (Lipinski definition) is 3. The van der Waals surface area contributed by atoms with E-state index in [-0.39, 0.29) is 0 Å². The summed E-state index contributed by atoms with van der Waals surface area (Å²) in [6.07, 6.45) is 4.50. The lowest BCUT2D eigenvalue weighted by Gasteiger charge is -2.16. The van der Waals surface area contributed by atoms with E-state index in [4.69, 9.17) is 4.74 Å². The van der Waals surface area contributed by atoms with Crippen molar-refractivity contribution in [2.45, 2.75) is 23.8 Å². The van der Waals surface area contributed by atoms with Gasteiger partial charge >= 0.3 is 0 Å². The molecule has 0 amide bonds. The van der Waals surface area contributed by atoms with Crippen molar-refractivity contribution < 1.29 is 4.74 Å². The molecule has 3 heteroatoms. The number of ether oxygens (including phenoxy) is 1. The molecule has 0 spiro atoms. The molecule has 104 valence electrons. The normalized spacial score (nSPS) is 18.1. The number of thioether (sulfide) groups is 1. The van der Waals surface area contributed by atoms with E-state index in [2.05, 4.69) is 41.9 Å². The van der Waals surface area contributed by atoms with E-state index in [0.29, 0.717) is 6.04 Å². The predicted octanol–water partition coefficient (Wildman–Crippen LogP) is 4.63. The van der Waals surface area contributed by atoms with Crippen LogP contribution in [-0.4, -0.2) is 12.8 Å². The molecule has 1 N–H and O–H groups in total. The fourth-order valence-electron chi connectivity index (χ4n) is 2.58. The lowest BCUT2D eigenvalue weighted by atomic mass is 10.0. The van der Waals surface area contributed by atoms with Crippen LogP contribution in [0.5, 0.6) is 11.5 Å². The quantitative estimate of drug-likeness (QED) is 0.828. The molecular formula is C17H19NOS. The van der Waals surface area contributed by atoms with Crippen molar-refractivity contribution in [1.29, 1.82) is 0 Å². The van der Waals surface area contributed by atoms with Crippen molar-refractivity contribution in [3.05, 3.63) is 54.1 Å². The first kappa shape index (κ1) is 13.5. The van der Waals surface area contributed by atoms with Crippen LogP contribution < -0.4 is 10.1 Å². The number of nitrogens with one attached hydrogen (secondary N) is 1. The van der Waals surface area contributed by atoms with Gasteiger partial charge in [0.2, 0.25) is 0 Å². The Morgan fingerprint density at radius 1 is 1.10 bits per heavy atom. The lowest BCUT2D eigenvalue weighted by Crippen LogP contribution is -2.13. The maximum Gasteiger partial charge on any atom is 0.132 e. The van der Waals surface area contributed by atoms with Gasteiger partial charge in [-0.3, -0.25) is 0 Å². The molecular weight excluding hydrogens is 266 g/mol. The van der Waals surface area contributed by atoms with E-state index < -0.39 is 0 Å². The average molecular weight is 285 g/mol. The SMILES string of the molecule is CSc1ccc(Oc2ccccc2C2CCCN2)cc1. The van der Waals surface area contributed by atoms with Crippen molar-refractivity contribution >= 4 is 11.8 Å². The van der Waals surface area contributed by atoms with E-state index in [1.807, 2.05) is 18.2 Å². The van der Waals surface area contributed by atoms with Crippen molar-refractivity contribution in [2.75, 3.05) is 12.8 Å². The number of hydrogen-bond donors (Lipinski definition) is 1. The highest BCUT2D eigenvalue weighted by molar-refractivity contribution is 7.98. The van der Waals surface area contributed by atoms with Crippen LogP contribution in [0.2, 0.25) is 0 Å². The summed E-state index contributed by atoms with van der Waals surface area (Å²) >= 11 is 1.74. The third-order valence-electron chi connectivity index (χ3n) is 3.64. The second-order valence-electron chi connectivity index (χ2n) is 4.96. The van der Waals surface area contributed by atoms with Crippen molar-refractivity contribution in [3.8, 4) is 11.5 Å². The third-order valence-corrected chi connectivity index (χ3v) is 4.39. The average Bonchev–Trinajstić information content (AvgIpc) is 3.03. The Kier molecular flexibility index (Phi) is 4.28. The molecule has 2 aromatic carbocycles. The minimum Gasteiger partial charge on any atom is -0.457 e. The maximum absolute atomic E-state index is 6.07. The first-order valence-corrected chi connectivity index (χ1v) is 8.23. The van der Waals surface area contributed by atoms with Crippen LogP contribution in [0.15, 0.2) is 53.4 Å². The van der Waals surface area contributed by atoms with Gasteiger partial charge in [-0.15, -0.1) is 11.8 Å². The molecule has 1 aliphatic rings. The van der Waals surface area contributed by atoms with Gasteiger partial charge in [-0.25, -0.2) is 0 Å². The molecule has 1 aliphatic heterocycles. The molecule has 0 aromatic heterocycles. The summed E-state index contributed by atoms with van der Waals surface area (Å²) in [7, 11) is 0. The molecule has 1 saturated heterocycles. The van der Waals surface area contributed by atoms with Gasteiger partial charge in [0.15, 0.2) is 0 Å². The van der Waals surface area contributed by atoms with E-state index in [9.17, 15) is 0 Å². The Morgan fingerprint density at radius 2 is 1.90 bits per heavy atom. The first-order chi connectivity index (χ1) is 9.86. The van der Waals surface area contributed by atoms with Crippen molar-refractivity contribution in [3.63, 3.8) is 0 Å². The molecule has 2 aromatic rings. The van der Waals surface area contributed by atoms with Gasteiger partial charge in [-0.1, -0.05) is 18.2 Å². The Balaban J connectivity index is 1.82. The number of benzene rings is 2. The van der Waals surface area contributed by atoms with Gasteiger partial charge < -0.3 is 10.1 Å². The smallest absolute Gasteiger partial charge is 0.132 e. The highest BCUT2D eigenvalue weighted by atomic mass is 32.2. The topological polar surface area (TPSA) is 21.3 Å². The Hall–Kier alpha value is -1.45. The van der Waals surface area contributed by atoms with E-state index in [1.165, 1.54) is 23.3 Å². The van der Waals surface area contributed by atoms with Crippen molar-refractivity contribution in [2.24, 2.45) is 0 Å². The van der Waals surface area contributed by atoms with Crippen LogP contribution in [-0.2, 0) is 0 Å². The summed E-state index contributed by atoms with van der Waals surface area (Å²) < 4.78 is 6.07. The first-order valence-electron chi connectivity index (χ1n) is 7.01. The van der Waals surface area contributed by atoms with Gasteiger partial charge in [0, 0.05) is 16.5 Å². The minimum atomic E-state index is 0.427. The van der Waals surface area contributed by atoms with Crippen LogP contribution in [0.1, 0.15) is 24.4 Å². The maximum atomic E-state index is 6.07. The summed E-state index contributed by atoms with van der Waals surface area (Å²) in [5, 5.41) is 3.53. The molecule has 3 rings (SSSR count). The van der Waals surface area contributed by atoms with Crippen LogP contribution >= 0.6 is 11.8 Å². The second kappa shape index (κ2) is 6.33. The zero-order valence-corrected chi connectivity index (χ0v) is 12.5. The summed E-state index contributed by atoms with van der Waals surface area (Å²) in [6.45, 7) is 1.10. The zero-order valence-electron chi connectivity index (χ0n) is 11.6. The van der Waals surface area contributed by atoms with Gasteiger partial charge in [0.25, 0.3) is 0 Å². The Morgan fingerprint density at radius 3 is 2.60 bits per heavy atom. The fraction of sp³-hybridized carbons (Fsp3) is 0.294. The van der Waals surface area contributed by atoms with Gasteiger partial charge in [0.1, 0.15) is 11.5 Å². The molecule has 1 fully saturated rings. The molecule has 1 unspecified atom stereocenters. The van der Waals surface area contributed by atoms with Crippen LogP contribution in [0, 0.1) is 0 Å². The molecule has 1 heterocycles. The molecule has 0 saturated carbocycles. The molecule has 0 bridgehead atoms. The van der Waals surface area contributed by atoms with Crippen molar-refractivity contribution in [1.82, 2.24) is 5.32 Å².